The minimum atomic E-state index is -0.320. The first-order valence-electron chi connectivity index (χ1n) is 12.1. The van der Waals surface area contributed by atoms with E-state index >= 15 is 0 Å². The van der Waals surface area contributed by atoms with E-state index in [0.717, 1.165) is 31.2 Å². The van der Waals surface area contributed by atoms with Gasteiger partial charge in [0, 0.05) is 6.04 Å². The van der Waals surface area contributed by atoms with Gasteiger partial charge in [0.1, 0.15) is 10.1 Å². The predicted molar refractivity (Wildman–Crippen MR) is 147 cm³/mol. The zero-order chi connectivity index (χ0) is 25.5. The van der Waals surface area contributed by atoms with Gasteiger partial charge in [-0.1, -0.05) is 61.4 Å². The summed E-state index contributed by atoms with van der Waals surface area (Å²) in [4.78, 5) is 27.9. The quantitative estimate of drug-likeness (QED) is 0.334. The summed E-state index contributed by atoms with van der Waals surface area (Å²) < 4.78 is 17.4. The monoisotopic (exact) mass is 526 g/mol. The Kier molecular flexibility index (Phi) is 8.88. The topological polar surface area (TPSA) is 77.1 Å². The average Bonchev–Trinajstić information content (AvgIpc) is 3.17. The number of anilines is 1. The number of hydrogen-bond donors (Lipinski definition) is 1. The van der Waals surface area contributed by atoms with Crippen molar-refractivity contribution in [1.29, 1.82) is 0 Å². The summed E-state index contributed by atoms with van der Waals surface area (Å²) in [6.07, 6.45) is 7.32. The van der Waals surface area contributed by atoms with E-state index in [1.165, 1.54) is 25.3 Å². The number of nitrogens with one attached hydrogen (secondary N) is 1. The number of hydrogen-bond acceptors (Lipinski definition) is 7. The first-order chi connectivity index (χ1) is 17.5. The third-order valence-electron chi connectivity index (χ3n) is 6.07. The second kappa shape index (κ2) is 12.3. The molecule has 190 valence electrons. The number of carbonyl (C=O) groups excluding carboxylic acids is 2. The maximum absolute atomic E-state index is 13.1. The van der Waals surface area contributed by atoms with Gasteiger partial charge in [0.25, 0.3) is 11.8 Å². The van der Waals surface area contributed by atoms with Gasteiger partial charge in [-0.2, -0.15) is 0 Å². The van der Waals surface area contributed by atoms with Crippen LogP contribution in [0.4, 0.5) is 5.69 Å². The summed E-state index contributed by atoms with van der Waals surface area (Å²) in [5.74, 6) is 1.15. The van der Waals surface area contributed by atoms with E-state index in [-0.39, 0.29) is 24.5 Å². The van der Waals surface area contributed by atoms with Crippen molar-refractivity contribution in [2.24, 2.45) is 0 Å². The van der Waals surface area contributed by atoms with E-state index in [1.54, 1.807) is 29.2 Å². The Balaban J connectivity index is 1.41. The van der Waals surface area contributed by atoms with Gasteiger partial charge in [-0.25, -0.2) is 0 Å². The SMILES string of the molecule is CCOc1ccccc1NC(=O)COc1ccc(/C=C2/SC(=S)N(C3CCCCC3)C2=O)cc1OC. The van der Waals surface area contributed by atoms with Crippen molar-refractivity contribution in [1.82, 2.24) is 4.90 Å². The Bertz CT molecular complexity index is 1160. The highest BCUT2D eigenvalue weighted by Crippen LogP contribution is 2.38. The van der Waals surface area contributed by atoms with Crippen LogP contribution < -0.4 is 19.5 Å². The molecular weight excluding hydrogens is 496 g/mol. The highest BCUT2D eigenvalue weighted by atomic mass is 32.2. The van der Waals surface area contributed by atoms with Crippen LogP contribution in [0, 0.1) is 0 Å². The van der Waals surface area contributed by atoms with E-state index in [1.807, 2.05) is 31.2 Å². The van der Waals surface area contributed by atoms with Crippen LogP contribution in [-0.2, 0) is 9.59 Å². The van der Waals surface area contributed by atoms with Crippen LogP contribution in [0.5, 0.6) is 17.2 Å². The predicted octanol–water partition coefficient (Wildman–Crippen LogP) is 5.65. The maximum atomic E-state index is 13.1. The lowest BCUT2D eigenvalue weighted by Gasteiger charge is -2.29. The van der Waals surface area contributed by atoms with Gasteiger partial charge < -0.3 is 19.5 Å². The van der Waals surface area contributed by atoms with Crippen LogP contribution in [0.15, 0.2) is 47.4 Å². The minimum Gasteiger partial charge on any atom is -0.493 e. The number of thioether (sulfide) groups is 1. The summed E-state index contributed by atoms with van der Waals surface area (Å²) >= 11 is 6.87. The molecular formula is C27H30N2O5S2. The van der Waals surface area contributed by atoms with E-state index in [4.69, 9.17) is 26.4 Å². The summed E-state index contributed by atoms with van der Waals surface area (Å²) in [7, 11) is 1.53. The molecule has 0 unspecified atom stereocenters. The van der Waals surface area contributed by atoms with Gasteiger partial charge in [-0.15, -0.1) is 0 Å². The Morgan fingerprint density at radius 2 is 1.89 bits per heavy atom. The number of para-hydroxylation sites is 2. The molecule has 0 radical (unpaired) electrons. The number of benzene rings is 2. The minimum absolute atomic E-state index is 0.0276. The summed E-state index contributed by atoms with van der Waals surface area (Å²) in [6.45, 7) is 2.18. The normalized spacial score (nSPS) is 17.4. The molecule has 2 aromatic carbocycles. The summed E-state index contributed by atoms with van der Waals surface area (Å²) in [5, 5.41) is 2.81. The zero-order valence-corrected chi connectivity index (χ0v) is 22.1. The average molecular weight is 527 g/mol. The molecule has 1 heterocycles. The molecule has 1 aliphatic carbocycles. The van der Waals surface area contributed by atoms with Gasteiger partial charge in [0.2, 0.25) is 0 Å². The first-order valence-corrected chi connectivity index (χ1v) is 13.3. The Hall–Kier alpha value is -3.04. The van der Waals surface area contributed by atoms with Crippen molar-refractivity contribution in [3.63, 3.8) is 0 Å². The van der Waals surface area contributed by atoms with Crippen LogP contribution in [0.3, 0.4) is 0 Å². The molecule has 9 heteroatoms. The lowest BCUT2D eigenvalue weighted by atomic mass is 9.94. The molecule has 0 aromatic heterocycles. The van der Waals surface area contributed by atoms with Gasteiger partial charge >= 0.3 is 0 Å². The van der Waals surface area contributed by atoms with Crippen molar-refractivity contribution in [3.8, 4) is 17.2 Å². The molecule has 1 aliphatic heterocycles. The molecule has 7 nitrogen and oxygen atoms in total. The lowest BCUT2D eigenvalue weighted by Crippen LogP contribution is -2.39. The number of nitrogens with zero attached hydrogens (tertiary/aromatic N) is 1. The Morgan fingerprint density at radius 3 is 2.64 bits per heavy atom. The maximum Gasteiger partial charge on any atom is 0.266 e. The van der Waals surface area contributed by atoms with E-state index in [9.17, 15) is 9.59 Å². The molecule has 36 heavy (non-hydrogen) atoms. The molecule has 2 aromatic rings. The fourth-order valence-electron chi connectivity index (χ4n) is 4.36. The van der Waals surface area contributed by atoms with Crippen LogP contribution in [0.2, 0.25) is 0 Å². The fourth-order valence-corrected chi connectivity index (χ4v) is 5.76. The number of carbonyl (C=O) groups is 2. The fraction of sp³-hybridized carbons (Fsp3) is 0.370. The number of thiocarbonyl (C=S) groups is 1. The van der Waals surface area contributed by atoms with Crippen molar-refractivity contribution >= 4 is 51.9 Å². The molecule has 1 N–H and O–H groups in total. The Morgan fingerprint density at radius 1 is 1.11 bits per heavy atom. The molecule has 0 bridgehead atoms. The second-order valence-electron chi connectivity index (χ2n) is 8.52. The smallest absolute Gasteiger partial charge is 0.266 e. The van der Waals surface area contributed by atoms with Crippen LogP contribution in [0.1, 0.15) is 44.6 Å². The van der Waals surface area contributed by atoms with E-state index < -0.39 is 0 Å². The summed E-state index contributed by atoms with van der Waals surface area (Å²) in [5.41, 5.74) is 1.37. The molecule has 1 saturated carbocycles. The van der Waals surface area contributed by atoms with Gasteiger partial charge in [-0.05, 0) is 55.7 Å². The Labute approximate surface area is 221 Å². The highest BCUT2D eigenvalue weighted by Gasteiger charge is 2.37. The molecule has 0 spiro atoms. The van der Waals surface area contributed by atoms with E-state index in [2.05, 4.69) is 5.32 Å². The van der Waals surface area contributed by atoms with Gasteiger partial charge in [-0.3, -0.25) is 14.5 Å². The zero-order valence-electron chi connectivity index (χ0n) is 20.5. The number of amides is 2. The third-order valence-corrected chi connectivity index (χ3v) is 7.40. The largest absolute Gasteiger partial charge is 0.493 e. The molecule has 2 amide bonds. The lowest BCUT2D eigenvalue weighted by molar-refractivity contribution is -0.124. The summed E-state index contributed by atoms with van der Waals surface area (Å²) in [6, 6.07) is 12.8. The molecule has 2 aliphatic rings. The highest BCUT2D eigenvalue weighted by molar-refractivity contribution is 8.26. The molecule has 2 fully saturated rings. The number of rotatable bonds is 9. The van der Waals surface area contributed by atoms with Crippen LogP contribution in [0.25, 0.3) is 6.08 Å². The third kappa shape index (κ3) is 6.20. The van der Waals surface area contributed by atoms with Crippen molar-refractivity contribution in [2.45, 2.75) is 45.1 Å². The van der Waals surface area contributed by atoms with Crippen molar-refractivity contribution < 1.29 is 23.8 Å². The number of ether oxygens (including phenoxy) is 3. The van der Waals surface area contributed by atoms with Crippen molar-refractivity contribution in [2.75, 3.05) is 25.6 Å². The van der Waals surface area contributed by atoms with Crippen LogP contribution in [-0.4, -0.2) is 47.4 Å². The van der Waals surface area contributed by atoms with E-state index in [0.29, 0.717) is 38.8 Å². The number of methoxy groups -OCH3 is 1. The van der Waals surface area contributed by atoms with Gasteiger partial charge in [0.05, 0.1) is 24.3 Å². The standard InChI is InChI=1S/C27H30N2O5S2/c1-3-33-21-12-8-7-11-20(21)28-25(30)17-34-22-14-13-18(15-23(22)32-2)16-24-26(31)29(27(35)36-24)19-9-5-4-6-10-19/h7-8,11-16,19H,3-6,9-10,17H2,1-2H3,(H,28,30)/b24-16+. The van der Waals surface area contributed by atoms with Gasteiger partial charge in [0.15, 0.2) is 18.1 Å². The second-order valence-corrected chi connectivity index (χ2v) is 10.2. The molecule has 0 atom stereocenters. The van der Waals surface area contributed by atoms with Crippen LogP contribution >= 0.6 is 24.0 Å². The first kappa shape index (κ1) is 26.0. The molecule has 1 saturated heterocycles. The molecule has 4 rings (SSSR count). The van der Waals surface area contributed by atoms with Crippen molar-refractivity contribution in [3.05, 3.63) is 52.9 Å².